The maximum atomic E-state index is 5.19. The van der Waals surface area contributed by atoms with Gasteiger partial charge in [0, 0.05) is 38.8 Å². The van der Waals surface area contributed by atoms with Crippen LogP contribution in [0, 0.1) is 6.92 Å². The maximum absolute atomic E-state index is 5.19. The van der Waals surface area contributed by atoms with Crippen LogP contribution in [-0.4, -0.2) is 41.1 Å². The molecule has 0 amide bonds. The van der Waals surface area contributed by atoms with E-state index in [4.69, 9.17) is 4.52 Å². The van der Waals surface area contributed by atoms with Crippen molar-refractivity contribution < 1.29 is 4.52 Å². The Kier molecular flexibility index (Phi) is 5.14. The van der Waals surface area contributed by atoms with Crippen LogP contribution in [0.3, 0.4) is 0 Å². The van der Waals surface area contributed by atoms with Crippen molar-refractivity contribution in [3.63, 3.8) is 0 Å². The molecule has 4 heteroatoms. The minimum absolute atomic E-state index is 0.314. The van der Waals surface area contributed by atoms with Crippen LogP contribution in [0.5, 0.6) is 0 Å². The highest BCUT2D eigenvalue weighted by Crippen LogP contribution is 2.29. The zero-order valence-electron chi connectivity index (χ0n) is 15.2. The Bertz CT molecular complexity index is 768. The van der Waals surface area contributed by atoms with Crippen molar-refractivity contribution in [2.75, 3.05) is 26.2 Å². The molecule has 0 saturated carbocycles. The standard InChI is InChI=1S/C22H25N3O/c1-18-16-21(23-26-18)17-24-12-14-25(15-13-24)22(19-8-4-2-5-9-19)20-10-6-3-7-11-20/h2-11,16,22H,12-15,17H2,1H3. The summed E-state index contributed by atoms with van der Waals surface area (Å²) in [6.07, 6.45) is 0. The van der Waals surface area contributed by atoms with E-state index in [-0.39, 0.29) is 0 Å². The highest BCUT2D eigenvalue weighted by atomic mass is 16.5. The monoisotopic (exact) mass is 347 g/mol. The van der Waals surface area contributed by atoms with Crippen molar-refractivity contribution in [1.29, 1.82) is 0 Å². The predicted molar refractivity (Wildman–Crippen MR) is 103 cm³/mol. The first-order valence-electron chi connectivity index (χ1n) is 9.28. The molecule has 1 aliphatic rings. The molecule has 1 fully saturated rings. The van der Waals surface area contributed by atoms with Crippen LogP contribution in [0.4, 0.5) is 0 Å². The van der Waals surface area contributed by atoms with E-state index in [9.17, 15) is 0 Å². The summed E-state index contributed by atoms with van der Waals surface area (Å²) in [7, 11) is 0. The number of hydrogen-bond acceptors (Lipinski definition) is 4. The Labute approximate surface area is 155 Å². The molecule has 0 N–H and O–H groups in total. The molecule has 1 aromatic heterocycles. The third kappa shape index (κ3) is 3.87. The highest BCUT2D eigenvalue weighted by Gasteiger charge is 2.26. The average molecular weight is 347 g/mol. The molecule has 26 heavy (non-hydrogen) atoms. The molecule has 0 atom stereocenters. The first-order chi connectivity index (χ1) is 12.8. The average Bonchev–Trinajstić information content (AvgIpc) is 3.10. The van der Waals surface area contributed by atoms with Gasteiger partial charge in [-0.1, -0.05) is 65.8 Å². The summed E-state index contributed by atoms with van der Waals surface area (Å²) in [6.45, 7) is 6.99. The first kappa shape index (κ1) is 17.0. The second-order valence-electron chi connectivity index (χ2n) is 6.96. The van der Waals surface area contributed by atoms with Gasteiger partial charge >= 0.3 is 0 Å². The molecule has 4 nitrogen and oxygen atoms in total. The van der Waals surface area contributed by atoms with E-state index in [1.54, 1.807) is 0 Å². The number of benzene rings is 2. The van der Waals surface area contributed by atoms with E-state index in [1.807, 2.05) is 13.0 Å². The normalized spacial score (nSPS) is 16.2. The number of piperazine rings is 1. The van der Waals surface area contributed by atoms with Crippen LogP contribution in [0.15, 0.2) is 71.3 Å². The molecule has 0 aliphatic carbocycles. The zero-order chi connectivity index (χ0) is 17.8. The van der Waals surface area contributed by atoms with Gasteiger partial charge in [-0.3, -0.25) is 9.80 Å². The third-order valence-corrected chi connectivity index (χ3v) is 5.07. The molecular weight excluding hydrogens is 322 g/mol. The largest absolute Gasteiger partial charge is 0.361 e. The van der Waals surface area contributed by atoms with E-state index in [2.05, 4.69) is 75.6 Å². The zero-order valence-corrected chi connectivity index (χ0v) is 15.2. The van der Waals surface area contributed by atoms with Crippen molar-refractivity contribution in [3.05, 3.63) is 89.3 Å². The second kappa shape index (κ2) is 7.85. The highest BCUT2D eigenvalue weighted by molar-refractivity contribution is 5.32. The molecule has 1 aliphatic heterocycles. The van der Waals surface area contributed by atoms with Crippen molar-refractivity contribution in [2.45, 2.75) is 19.5 Å². The van der Waals surface area contributed by atoms with Crippen LogP contribution in [0.2, 0.25) is 0 Å². The summed E-state index contributed by atoms with van der Waals surface area (Å²) < 4.78 is 5.19. The van der Waals surface area contributed by atoms with Gasteiger partial charge in [0.05, 0.1) is 11.7 Å². The molecule has 4 rings (SSSR count). The van der Waals surface area contributed by atoms with Gasteiger partial charge in [0.15, 0.2) is 0 Å². The van der Waals surface area contributed by atoms with Crippen LogP contribution in [0.25, 0.3) is 0 Å². The molecule has 2 heterocycles. The Balaban J connectivity index is 1.48. The van der Waals surface area contributed by atoms with E-state index >= 15 is 0 Å². The fourth-order valence-electron chi connectivity index (χ4n) is 3.79. The van der Waals surface area contributed by atoms with Gasteiger partial charge < -0.3 is 4.52 Å². The lowest BCUT2D eigenvalue weighted by Crippen LogP contribution is -2.47. The van der Waals surface area contributed by atoms with Crippen LogP contribution in [-0.2, 0) is 6.54 Å². The van der Waals surface area contributed by atoms with Crippen LogP contribution < -0.4 is 0 Å². The van der Waals surface area contributed by atoms with Gasteiger partial charge in [-0.15, -0.1) is 0 Å². The summed E-state index contributed by atoms with van der Waals surface area (Å²) in [4.78, 5) is 5.05. The molecular formula is C22H25N3O. The van der Waals surface area contributed by atoms with Gasteiger partial charge in [-0.2, -0.15) is 0 Å². The number of aromatic nitrogens is 1. The third-order valence-electron chi connectivity index (χ3n) is 5.07. The maximum Gasteiger partial charge on any atom is 0.133 e. The van der Waals surface area contributed by atoms with Gasteiger partial charge in [0.2, 0.25) is 0 Å². The summed E-state index contributed by atoms with van der Waals surface area (Å²) in [6, 6.07) is 24.0. The lowest BCUT2D eigenvalue weighted by molar-refractivity contribution is 0.103. The van der Waals surface area contributed by atoms with Gasteiger partial charge in [0.1, 0.15) is 5.76 Å². The van der Waals surface area contributed by atoms with E-state index in [0.717, 1.165) is 44.2 Å². The topological polar surface area (TPSA) is 32.5 Å². The number of aryl methyl sites for hydroxylation is 1. The molecule has 134 valence electrons. The summed E-state index contributed by atoms with van der Waals surface area (Å²) in [5.41, 5.74) is 3.75. The summed E-state index contributed by atoms with van der Waals surface area (Å²) in [5, 5.41) is 4.13. The van der Waals surface area contributed by atoms with E-state index in [1.165, 1.54) is 11.1 Å². The number of rotatable bonds is 5. The van der Waals surface area contributed by atoms with E-state index in [0.29, 0.717) is 6.04 Å². The van der Waals surface area contributed by atoms with Crippen molar-refractivity contribution in [3.8, 4) is 0 Å². The van der Waals surface area contributed by atoms with Gasteiger partial charge in [-0.25, -0.2) is 0 Å². The lowest BCUT2D eigenvalue weighted by Gasteiger charge is -2.39. The fraction of sp³-hybridized carbons (Fsp3) is 0.318. The lowest BCUT2D eigenvalue weighted by atomic mass is 9.96. The Morgan fingerprint density at radius 1 is 0.885 bits per heavy atom. The summed E-state index contributed by atoms with van der Waals surface area (Å²) in [5.74, 6) is 0.881. The Morgan fingerprint density at radius 2 is 1.46 bits per heavy atom. The minimum atomic E-state index is 0.314. The molecule has 0 bridgehead atoms. The minimum Gasteiger partial charge on any atom is -0.361 e. The van der Waals surface area contributed by atoms with Crippen molar-refractivity contribution in [1.82, 2.24) is 15.0 Å². The van der Waals surface area contributed by atoms with Crippen molar-refractivity contribution >= 4 is 0 Å². The van der Waals surface area contributed by atoms with Crippen molar-refractivity contribution in [2.24, 2.45) is 0 Å². The molecule has 1 saturated heterocycles. The quantitative estimate of drug-likeness (QED) is 0.701. The Morgan fingerprint density at radius 3 is 1.96 bits per heavy atom. The smallest absolute Gasteiger partial charge is 0.133 e. The fourth-order valence-corrected chi connectivity index (χ4v) is 3.79. The molecule has 3 aromatic rings. The van der Waals surface area contributed by atoms with Gasteiger partial charge in [-0.05, 0) is 18.1 Å². The molecule has 0 radical (unpaired) electrons. The van der Waals surface area contributed by atoms with Crippen LogP contribution >= 0.6 is 0 Å². The van der Waals surface area contributed by atoms with E-state index < -0.39 is 0 Å². The first-order valence-corrected chi connectivity index (χ1v) is 9.28. The molecule has 0 unspecified atom stereocenters. The molecule has 2 aromatic carbocycles. The second-order valence-corrected chi connectivity index (χ2v) is 6.96. The van der Waals surface area contributed by atoms with Gasteiger partial charge in [0.25, 0.3) is 0 Å². The summed E-state index contributed by atoms with van der Waals surface area (Å²) >= 11 is 0. The SMILES string of the molecule is Cc1cc(CN2CCN(C(c3ccccc3)c3ccccc3)CC2)no1. The van der Waals surface area contributed by atoms with Crippen LogP contribution in [0.1, 0.15) is 28.6 Å². The number of hydrogen-bond donors (Lipinski definition) is 0. The Hall–Kier alpha value is -2.43. The number of nitrogens with zero attached hydrogens (tertiary/aromatic N) is 3. The predicted octanol–water partition coefficient (Wildman–Crippen LogP) is 3.89. The molecule has 0 spiro atoms.